The molecule has 0 atom stereocenters. The van der Waals surface area contributed by atoms with Gasteiger partial charge in [-0.1, -0.05) is 0 Å². The summed E-state index contributed by atoms with van der Waals surface area (Å²) in [6.45, 7) is 0. The van der Waals surface area contributed by atoms with Gasteiger partial charge in [0.1, 0.15) is 5.76 Å². The highest BCUT2D eigenvalue weighted by Crippen LogP contribution is 2.15. The molecule has 0 radical (unpaired) electrons. The predicted molar refractivity (Wildman–Crippen MR) is 58.5 cm³/mol. The van der Waals surface area contributed by atoms with Gasteiger partial charge in [-0.25, -0.2) is 5.84 Å². The van der Waals surface area contributed by atoms with Gasteiger partial charge in [0.05, 0.1) is 18.6 Å². The zero-order chi connectivity index (χ0) is 12.0. The van der Waals surface area contributed by atoms with E-state index in [1.807, 2.05) is 5.43 Å². The van der Waals surface area contributed by atoms with Gasteiger partial charge in [-0.05, 0) is 12.1 Å². The first-order valence-electron chi connectivity index (χ1n) is 4.41. The minimum atomic E-state index is -0.482. The summed E-state index contributed by atoms with van der Waals surface area (Å²) < 4.78 is 9.66. The zero-order valence-corrected chi connectivity index (χ0v) is 9.50. The van der Waals surface area contributed by atoms with Crippen molar-refractivity contribution in [3.8, 4) is 0 Å². The number of thioether (sulfide) groups is 1. The number of nitrogens with two attached hydrogens (primary N) is 1. The number of carbonyl (C=O) groups is 2. The van der Waals surface area contributed by atoms with Gasteiger partial charge in [0.15, 0.2) is 5.76 Å². The van der Waals surface area contributed by atoms with Crippen LogP contribution in [0.2, 0.25) is 0 Å². The van der Waals surface area contributed by atoms with Gasteiger partial charge in [0.25, 0.3) is 0 Å². The number of nitrogens with one attached hydrogen (secondary N) is 1. The molecular weight excluding hydrogens is 232 g/mol. The van der Waals surface area contributed by atoms with E-state index in [0.29, 0.717) is 11.5 Å². The fourth-order valence-corrected chi connectivity index (χ4v) is 1.69. The average Bonchev–Trinajstić information content (AvgIpc) is 2.76. The van der Waals surface area contributed by atoms with Gasteiger partial charge in [0, 0.05) is 0 Å². The summed E-state index contributed by atoms with van der Waals surface area (Å²) in [7, 11) is 1.33. The Balaban J connectivity index is 2.41. The lowest BCUT2D eigenvalue weighted by Crippen LogP contribution is -2.29. The molecule has 1 heterocycles. The fraction of sp³-hybridized carbons (Fsp3) is 0.333. The van der Waals surface area contributed by atoms with E-state index in [0.717, 1.165) is 0 Å². The summed E-state index contributed by atoms with van der Waals surface area (Å²) in [6, 6.07) is 3.19. The van der Waals surface area contributed by atoms with Gasteiger partial charge in [0.2, 0.25) is 0 Å². The van der Waals surface area contributed by atoms with E-state index in [2.05, 4.69) is 4.74 Å². The summed E-state index contributed by atoms with van der Waals surface area (Å²) in [4.78, 5) is 21.9. The van der Waals surface area contributed by atoms with Crippen LogP contribution >= 0.6 is 11.8 Å². The van der Waals surface area contributed by atoms with E-state index in [4.69, 9.17) is 10.3 Å². The largest absolute Gasteiger partial charge is 0.468 e. The molecule has 0 aliphatic rings. The number of rotatable bonds is 5. The molecule has 16 heavy (non-hydrogen) atoms. The molecule has 7 heteroatoms. The molecule has 0 aliphatic carbocycles. The molecule has 0 fully saturated rings. The number of hydrogen-bond acceptors (Lipinski definition) is 6. The monoisotopic (exact) mass is 244 g/mol. The average molecular weight is 244 g/mol. The van der Waals surface area contributed by atoms with E-state index < -0.39 is 5.91 Å². The zero-order valence-electron chi connectivity index (χ0n) is 8.69. The van der Waals surface area contributed by atoms with Gasteiger partial charge >= 0.3 is 11.9 Å². The van der Waals surface area contributed by atoms with Crippen LogP contribution in [0.25, 0.3) is 0 Å². The standard InChI is InChI=1S/C9H12N2O4S/c1-14-8(12)5-16-4-6-2-3-7(15-6)9(13)11-10/h2-3H,4-5,10H2,1H3,(H,11,13). The number of furan rings is 1. The van der Waals surface area contributed by atoms with Crippen molar-refractivity contribution in [1.29, 1.82) is 0 Å². The van der Waals surface area contributed by atoms with Crippen LogP contribution in [0.1, 0.15) is 16.3 Å². The Labute approximate surface area is 96.5 Å². The van der Waals surface area contributed by atoms with Crippen molar-refractivity contribution in [1.82, 2.24) is 5.43 Å². The molecule has 0 bridgehead atoms. The quantitative estimate of drug-likeness (QED) is 0.334. The first kappa shape index (κ1) is 12.6. The second-order valence-corrected chi connectivity index (χ2v) is 3.79. The second-order valence-electron chi connectivity index (χ2n) is 2.81. The Morgan fingerprint density at radius 1 is 1.56 bits per heavy atom. The van der Waals surface area contributed by atoms with Crippen molar-refractivity contribution in [3.05, 3.63) is 23.7 Å². The highest BCUT2D eigenvalue weighted by molar-refractivity contribution is 7.99. The molecule has 1 aromatic heterocycles. The lowest BCUT2D eigenvalue weighted by molar-refractivity contribution is -0.137. The maximum absolute atomic E-state index is 11.0. The highest BCUT2D eigenvalue weighted by atomic mass is 32.2. The number of methoxy groups -OCH3 is 1. The Morgan fingerprint density at radius 2 is 2.31 bits per heavy atom. The number of amides is 1. The lowest BCUT2D eigenvalue weighted by Gasteiger charge is -1.98. The van der Waals surface area contributed by atoms with Crippen molar-refractivity contribution in [3.63, 3.8) is 0 Å². The van der Waals surface area contributed by atoms with Crippen LogP contribution in [0.5, 0.6) is 0 Å². The first-order chi connectivity index (χ1) is 7.67. The Hall–Kier alpha value is -1.47. The molecule has 1 aromatic rings. The molecule has 3 N–H and O–H groups in total. The molecular formula is C9H12N2O4S. The number of hydrogen-bond donors (Lipinski definition) is 2. The fourth-order valence-electron chi connectivity index (χ4n) is 0.943. The van der Waals surface area contributed by atoms with Crippen LogP contribution in [0, 0.1) is 0 Å². The topological polar surface area (TPSA) is 94.6 Å². The maximum Gasteiger partial charge on any atom is 0.315 e. The van der Waals surface area contributed by atoms with Crippen molar-refractivity contribution in [2.45, 2.75) is 5.75 Å². The summed E-state index contributed by atoms with van der Waals surface area (Å²) >= 11 is 1.34. The summed E-state index contributed by atoms with van der Waals surface area (Å²) in [5.41, 5.74) is 1.96. The molecule has 0 saturated heterocycles. The Morgan fingerprint density at radius 3 is 2.94 bits per heavy atom. The molecule has 0 unspecified atom stereocenters. The van der Waals surface area contributed by atoms with Crippen molar-refractivity contribution in [2.24, 2.45) is 5.84 Å². The molecule has 0 spiro atoms. The minimum Gasteiger partial charge on any atom is -0.468 e. The van der Waals surface area contributed by atoms with Crippen LogP contribution in [-0.4, -0.2) is 24.7 Å². The molecule has 88 valence electrons. The summed E-state index contributed by atoms with van der Waals surface area (Å²) in [5.74, 6) is 5.66. The number of ether oxygens (including phenoxy) is 1. The molecule has 1 rings (SSSR count). The van der Waals surface area contributed by atoms with Crippen LogP contribution < -0.4 is 11.3 Å². The van der Waals surface area contributed by atoms with Gasteiger partial charge in [-0.2, -0.15) is 0 Å². The third-order valence-corrected chi connectivity index (χ3v) is 2.64. The summed E-state index contributed by atoms with van der Waals surface area (Å²) in [5, 5.41) is 0. The van der Waals surface area contributed by atoms with Crippen molar-refractivity contribution in [2.75, 3.05) is 12.9 Å². The van der Waals surface area contributed by atoms with E-state index >= 15 is 0 Å². The highest BCUT2D eigenvalue weighted by Gasteiger charge is 2.09. The molecule has 0 aliphatic heterocycles. The Kier molecular flexibility index (Phi) is 4.87. The minimum absolute atomic E-state index is 0.149. The summed E-state index contributed by atoms with van der Waals surface area (Å²) in [6.07, 6.45) is 0. The van der Waals surface area contributed by atoms with Crippen LogP contribution in [0.15, 0.2) is 16.5 Å². The third-order valence-electron chi connectivity index (χ3n) is 1.71. The van der Waals surface area contributed by atoms with Crippen LogP contribution in [-0.2, 0) is 15.3 Å². The molecule has 0 aromatic carbocycles. The maximum atomic E-state index is 11.0. The van der Waals surface area contributed by atoms with Gasteiger partial charge in [-0.3, -0.25) is 15.0 Å². The van der Waals surface area contributed by atoms with E-state index in [9.17, 15) is 9.59 Å². The second kappa shape index (κ2) is 6.19. The smallest absolute Gasteiger partial charge is 0.315 e. The van der Waals surface area contributed by atoms with Gasteiger partial charge in [-0.15, -0.1) is 11.8 Å². The number of nitrogen functional groups attached to an aromatic ring is 1. The predicted octanol–water partition coefficient (Wildman–Crippen LogP) is 0.289. The third kappa shape index (κ3) is 3.59. The molecule has 6 nitrogen and oxygen atoms in total. The van der Waals surface area contributed by atoms with Gasteiger partial charge < -0.3 is 9.15 Å². The number of esters is 1. The van der Waals surface area contributed by atoms with E-state index in [1.165, 1.54) is 24.9 Å². The Bertz CT molecular complexity index is 377. The van der Waals surface area contributed by atoms with E-state index in [-0.39, 0.29) is 17.5 Å². The normalized spacial score (nSPS) is 9.88. The number of hydrazine groups is 1. The first-order valence-corrected chi connectivity index (χ1v) is 5.57. The molecule has 1 amide bonds. The SMILES string of the molecule is COC(=O)CSCc1ccc(C(=O)NN)o1. The van der Waals surface area contributed by atoms with Crippen LogP contribution in [0.3, 0.4) is 0 Å². The molecule has 0 saturated carbocycles. The van der Waals surface area contributed by atoms with Crippen molar-refractivity contribution >= 4 is 23.6 Å². The van der Waals surface area contributed by atoms with Crippen LogP contribution in [0.4, 0.5) is 0 Å². The van der Waals surface area contributed by atoms with E-state index in [1.54, 1.807) is 6.07 Å². The lowest BCUT2D eigenvalue weighted by atomic mass is 10.4. The number of carbonyl (C=O) groups excluding carboxylic acids is 2. The van der Waals surface area contributed by atoms with Crippen molar-refractivity contribution < 1.29 is 18.7 Å².